The van der Waals surface area contributed by atoms with Crippen LogP contribution in [0.3, 0.4) is 0 Å². The van der Waals surface area contributed by atoms with E-state index in [-0.39, 0.29) is 44.5 Å². The second-order valence-corrected chi connectivity index (χ2v) is 23.1. The Labute approximate surface area is 439 Å². The lowest BCUT2D eigenvalue weighted by molar-refractivity contribution is -0.118. The first-order valence-corrected chi connectivity index (χ1v) is 27.0. The molecule has 0 aliphatic heterocycles. The first kappa shape index (κ1) is 56.3. The van der Waals surface area contributed by atoms with Crippen LogP contribution in [-0.2, 0) is 24.7 Å². The van der Waals surface area contributed by atoms with Crippen LogP contribution in [0.15, 0.2) is 168 Å². The fourth-order valence-corrected chi connectivity index (χ4v) is 10.0. The van der Waals surface area contributed by atoms with Crippen molar-refractivity contribution in [1.29, 1.82) is 0 Å². The predicted molar refractivity (Wildman–Crippen MR) is 291 cm³/mol. The van der Waals surface area contributed by atoms with E-state index in [1.54, 1.807) is 109 Å². The van der Waals surface area contributed by atoms with Crippen LogP contribution in [-0.4, -0.2) is 71.6 Å². The molecule has 0 aliphatic rings. The zero-order valence-corrected chi connectivity index (χ0v) is 45.0. The summed E-state index contributed by atoms with van der Waals surface area (Å²) in [6.45, 7) is 13.0. The monoisotopic (exact) mass is 1050 g/mol. The van der Waals surface area contributed by atoms with Crippen LogP contribution < -0.4 is 34.3 Å². The maximum atomic E-state index is 13.5. The second kappa shape index (κ2) is 24.3. The number of pyridine rings is 1. The van der Waals surface area contributed by atoms with Crippen molar-refractivity contribution in [3.05, 3.63) is 164 Å². The number of nitrogens with zero attached hydrogens (tertiary/aromatic N) is 1. The van der Waals surface area contributed by atoms with Crippen molar-refractivity contribution in [1.82, 2.24) is 20.3 Å². The molecule has 0 radical (unpaired) electrons. The van der Waals surface area contributed by atoms with Crippen molar-refractivity contribution < 1.29 is 50.2 Å². The number of nitrogens with one attached hydrogen (secondary N) is 3. The van der Waals surface area contributed by atoms with Crippen molar-refractivity contribution in [2.45, 2.75) is 70.2 Å². The van der Waals surface area contributed by atoms with E-state index in [1.165, 1.54) is 18.2 Å². The Bertz CT molecular complexity index is 3350. The zero-order valence-electron chi connectivity index (χ0n) is 43.4. The van der Waals surface area contributed by atoms with Gasteiger partial charge in [-0.2, -0.15) is 0 Å². The molecule has 7 rings (SSSR count). The number of carbonyl (C=O) groups excluding carboxylic acids is 3. The number of sulfone groups is 1. The standard InChI is InChI=1S/C31H31NO5S.C27H31N3O6S/c1-31(2,3)20-26(33)21-38(34,35)30-19-25(23-14-16-32-17-15-23)10-13-29(30)37-28-7-5-6-24(18-28)22-8-11-27(36-4)12-9-22;1-6-28-25(31)20-12-15-23(24(17-20)37(33,34)30-26(32)29-27(2,3)4)36-22-9-7-8-19(16-22)18-10-13-21(35-5)14-11-18/h5-19H,20-21H2,1-4H3;7-17H,6H2,1-5H3,(H,28,31)(H2,29,30,32). The Morgan fingerprint density at radius 3 is 1.52 bits per heavy atom. The molecule has 0 unspecified atom stereocenters. The molecule has 6 aromatic carbocycles. The fraction of sp³-hybridized carbons (Fsp3) is 0.241. The third-order valence-corrected chi connectivity index (χ3v) is 13.9. The summed E-state index contributed by atoms with van der Waals surface area (Å²) < 4.78 is 78.1. The minimum Gasteiger partial charge on any atom is -0.497 e. The molecule has 392 valence electrons. The van der Waals surface area contributed by atoms with Gasteiger partial charge in [0, 0.05) is 36.5 Å². The van der Waals surface area contributed by atoms with Crippen LogP contribution in [0.1, 0.15) is 65.2 Å². The molecule has 7 aromatic rings. The lowest BCUT2D eigenvalue weighted by Crippen LogP contribution is -2.48. The molecule has 3 amide bonds. The van der Waals surface area contributed by atoms with E-state index in [1.807, 2.05) is 98.3 Å². The van der Waals surface area contributed by atoms with E-state index < -0.39 is 43.1 Å². The third-order valence-electron chi connectivity index (χ3n) is 10.9. The number of rotatable bonds is 17. The number of amides is 3. The van der Waals surface area contributed by atoms with Crippen LogP contribution >= 0.6 is 0 Å². The van der Waals surface area contributed by atoms with Crippen LogP contribution in [0, 0.1) is 5.41 Å². The Morgan fingerprint density at radius 1 is 0.547 bits per heavy atom. The summed E-state index contributed by atoms with van der Waals surface area (Å²) in [6.07, 6.45) is 3.45. The molecule has 0 bridgehead atoms. The number of ether oxygens (including phenoxy) is 4. The molecule has 3 N–H and O–H groups in total. The lowest BCUT2D eigenvalue weighted by atomic mass is 9.90. The Balaban J connectivity index is 0.000000244. The van der Waals surface area contributed by atoms with Crippen LogP contribution in [0.2, 0.25) is 0 Å². The number of hydrogen-bond donors (Lipinski definition) is 3. The van der Waals surface area contributed by atoms with Crippen LogP contribution in [0.25, 0.3) is 33.4 Å². The summed E-state index contributed by atoms with van der Waals surface area (Å²) in [5, 5.41) is 5.18. The molecular weight excluding hydrogens is 993 g/mol. The van der Waals surface area contributed by atoms with Gasteiger partial charge in [0.05, 0.1) is 14.2 Å². The number of carbonyl (C=O) groups is 3. The molecule has 0 saturated heterocycles. The van der Waals surface area contributed by atoms with Gasteiger partial charge in [-0.05, 0) is 157 Å². The van der Waals surface area contributed by atoms with E-state index in [4.69, 9.17) is 18.9 Å². The molecule has 0 spiro atoms. The predicted octanol–water partition coefficient (Wildman–Crippen LogP) is 11.7. The van der Waals surface area contributed by atoms with Crippen molar-refractivity contribution in [2.24, 2.45) is 5.41 Å². The van der Waals surface area contributed by atoms with Gasteiger partial charge in [0.2, 0.25) is 0 Å². The molecule has 15 nitrogen and oxygen atoms in total. The number of aromatic nitrogens is 1. The fourth-order valence-electron chi connectivity index (χ4n) is 7.54. The van der Waals surface area contributed by atoms with E-state index >= 15 is 0 Å². The lowest BCUT2D eigenvalue weighted by Gasteiger charge is -2.21. The highest BCUT2D eigenvalue weighted by molar-refractivity contribution is 7.92. The van der Waals surface area contributed by atoms with Crippen molar-refractivity contribution in [3.8, 4) is 67.9 Å². The van der Waals surface area contributed by atoms with Gasteiger partial charge in [-0.15, -0.1) is 0 Å². The van der Waals surface area contributed by atoms with Gasteiger partial charge in [-0.25, -0.2) is 26.4 Å². The maximum Gasteiger partial charge on any atom is 0.329 e. The SMILES string of the molecule is CCNC(=O)c1ccc(Oc2cccc(-c3ccc(OC)cc3)c2)c(S(=O)(=O)NC(=O)NC(C)(C)C)c1.COc1ccc(-c2cccc(Oc3ccc(-c4ccncc4)cc3S(=O)(=O)CC(=O)CC(C)(C)C)c2)cc1. The summed E-state index contributed by atoms with van der Waals surface area (Å²) >= 11 is 0. The molecule has 0 aliphatic carbocycles. The summed E-state index contributed by atoms with van der Waals surface area (Å²) in [5.41, 5.74) is 4.25. The van der Waals surface area contributed by atoms with Gasteiger partial charge in [0.15, 0.2) is 9.84 Å². The highest BCUT2D eigenvalue weighted by Crippen LogP contribution is 2.37. The summed E-state index contributed by atoms with van der Waals surface area (Å²) in [5.74, 6) is 1.07. The van der Waals surface area contributed by atoms with Gasteiger partial charge in [0.25, 0.3) is 15.9 Å². The normalized spacial score (nSPS) is 11.5. The number of urea groups is 1. The molecule has 0 atom stereocenters. The smallest absolute Gasteiger partial charge is 0.329 e. The van der Waals surface area contributed by atoms with Gasteiger partial charge in [0.1, 0.15) is 55.8 Å². The number of methoxy groups -OCH3 is 2. The van der Waals surface area contributed by atoms with E-state index in [2.05, 4.69) is 15.6 Å². The first-order valence-electron chi connectivity index (χ1n) is 23.9. The average molecular weight is 1060 g/mol. The van der Waals surface area contributed by atoms with Crippen molar-refractivity contribution in [3.63, 3.8) is 0 Å². The number of Topliss-reactive ketones (excluding diaryl/α,β-unsaturated/α-hetero) is 1. The minimum atomic E-state index is -4.40. The molecule has 75 heavy (non-hydrogen) atoms. The quantitative estimate of drug-likeness (QED) is 0.0779. The highest BCUT2D eigenvalue weighted by Gasteiger charge is 2.29. The van der Waals surface area contributed by atoms with E-state index in [0.29, 0.717) is 23.6 Å². The van der Waals surface area contributed by atoms with Crippen LogP contribution in [0.4, 0.5) is 4.79 Å². The first-order chi connectivity index (χ1) is 35.5. The van der Waals surface area contributed by atoms with Gasteiger partial charge in [-0.1, -0.05) is 75.4 Å². The van der Waals surface area contributed by atoms with Crippen LogP contribution in [0.5, 0.6) is 34.5 Å². The van der Waals surface area contributed by atoms with Gasteiger partial charge >= 0.3 is 6.03 Å². The number of sulfonamides is 1. The topological polar surface area (TPSA) is 205 Å². The summed E-state index contributed by atoms with van der Waals surface area (Å²) in [6, 6.07) is 41.4. The highest BCUT2D eigenvalue weighted by atomic mass is 32.2. The molecular formula is C58H62N4O11S2. The molecule has 1 aromatic heterocycles. The molecule has 17 heteroatoms. The largest absolute Gasteiger partial charge is 0.497 e. The van der Waals surface area contributed by atoms with E-state index in [9.17, 15) is 31.2 Å². The second-order valence-electron chi connectivity index (χ2n) is 19.5. The number of benzene rings is 6. The Morgan fingerprint density at radius 2 is 1.03 bits per heavy atom. The summed E-state index contributed by atoms with van der Waals surface area (Å²) in [4.78, 5) is 41.1. The number of hydrogen-bond acceptors (Lipinski definition) is 12. The van der Waals surface area contributed by atoms with Gasteiger partial charge < -0.3 is 29.6 Å². The van der Waals surface area contributed by atoms with Crippen molar-refractivity contribution in [2.75, 3.05) is 26.5 Å². The Kier molecular flexibility index (Phi) is 18.3. The zero-order chi connectivity index (χ0) is 54.6. The molecule has 0 saturated carbocycles. The minimum absolute atomic E-state index is 0.0241. The average Bonchev–Trinajstić information content (AvgIpc) is 3.36. The summed E-state index contributed by atoms with van der Waals surface area (Å²) in [7, 11) is -5.18. The van der Waals surface area contributed by atoms with Gasteiger partial charge in [-0.3, -0.25) is 14.6 Å². The van der Waals surface area contributed by atoms with E-state index in [0.717, 1.165) is 39.3 Å². The Hall–Kier alpha value is -8.02. The maximum absolute atomic E-state index is 13.5. The number of ketones is 1. The molecule has 1 heterocycles. The third kappa shape index (κ3) is 16.2. The van der Waals surface area contributed by atoms with Crippen molar-refractivity contribution >= 4 is 37.6 Å². The molecule has 0 fully saturated rings.